The standard InChI is InChI=1S/C21H24FN3O4/c1-28-18-11-14-8-10-25(13-15(14)12-19(18)29-2)21(27)23-9-7-20(26)24-17-6-4-3-5-16(17)22/h3-6,11-12H,7-10,13H2,1-2H3,(H,23,27)(H,24,26). The summed E-state index contributed by atoms with van der Waals surface area (Å²) in [4.78, 5) is 26.1. The van der Waals surface area contributed by atoms with Crippen LogP contribution < -0.4 is 20.1 Å². The number of rotatable bonds is 6. The zero-order valence-electron chi connectivity index (χ0n) is 16.5. The molecule has 2 N–H and O–H groups in total. The summed E-state index contributed by atoms with van der Waals surface area (Å²) >= 11 is 0. The van der Waals surface area contributed by atoms with Gasteiger partial charge in [0.1, 0.15) is 5.82 Å². The van der Waals surface area contributed by atoms with Gasteiger partial charge in [0.25, 0.3) is 0 Å². The summed E-state index contributed by atoms with van der Waals surface area (Å²) in [5, 5.41) is 5.24. The Morgan fingerprint density at radius 2 is 1.79 bits per heavy atom. The van der Waals surface area contributed by atoms with Crippen molar-refractivity contribution >= 4 is 17.6 Å². The Bertz CT molecular complexity index is 903. The third kappa shape index (κ3) is 4.96. The Kier molecular flexibility index (Phi) is 6.54. The topological polar surface area (TPSA) is 79.9 Å². The number of para-hydroxylation sites is 1. The molecule has 1 aliphatic heterocycles. The van der Waals surface area contributed by atoms with Gasteiger partial charge in [0.15, 0.2) is 11.5 Å². The van der Waals surface area contributed by atoms with E-state index in [1.165, 1.54) is 12.1 Å². The van der Waals surface area contributed by atoms with Crippen molar-refractivity contribution in [2.24, 2.45) is 0 Å². The summed E-state index contributed by atoms with van der Waals surface area (Å²) in [5.41, 5.74) is 2.25. The van der Waals surface area contributed by atoms with Crippen molar-refractivity contribution in [1.29, 1.82) is 0 Å². The van der Waals surface area contributed by atoms with E-state index < -0.39 is 5.82 Å². The van der Waals surface area contributed by atoms with Gasteiger partial charge in [0.2, 0.25) is 5.91 Å². The molecule has 0 bridgehead atoms. The number of nitrogens with one attached hydrogen (secondary N) is 2. The monoisotopic (exact) mass is 401 g/mol. The number of hydrogen-bond acceptors (Lipinski definition) is 4. The molecule has 154 valence electrons. The molecule has 0 saturated carbocycles. The number of hydrogen-bond donors (Lipinski definition) is 2. The lowest BCUT2D eigenvalue weighted by molar-refractivity contribution is -0.116. The van der Waals surface area contributed by atoms with Gasteiger partial charge in [-0.05, 0) is 41.8 Å². The van der Waals surface area contributed by atoms with Crippen LogP contribution in [0.5, 0.6) is 11.5 Å². The second kappa shape index (κ2) is 9.27. The molecule has 0 radical (unpaired) electrons. The van der Waals surface area contributed by atoms with E-state index >= 15 is 0 Å². The van der Waals surface area contributed by atoms with Crippen LogP contribution in [0.15, 0.2) is 36.4 Å². The highest BCUT2D eigenvalue weighted by molar-refractivity contribution is 5.91. The zero-order chi connectivity index (χ0) is 20.8. The van der Waals surface area contributed by atoms with E-state index in [9.17, 15) is 14.0 Å². The summed E-state index contributed by atoms with van der Waals surface area (Å²) in [5.74, 6) is 0.434. The summed E-state index contributed by atoms with van der Waals surface area (Å²) in [6, 6.07) is 9.53. The van der Waals surface area contributed by atoms with Crippen molar-refractivity contribution in [1.82, 2.24) is 10.2 Å². The zero-order valence-corrected chi connectivity index (χ0v) is 16.5. The average Bonchev–Trinajstić information content (AvgIpc) is 2.73. The van der Waals surface area contributed by atoms with Crippen molar-refractivity contribution in [3.8, 4) is 11.5 Å². The van der Waals surface area contributed by atoms with Crippen molar-refractivity contribution < 1.29 is 23.5 Å². The molecule has 0 aromatic heterocycles. The van der Waals surface area contributed by atoms with E-state index in [4.69, 9.17) is 9.47 Å². The number of nitrogens with zero attached hydrogens (tertiary/aromatic N) is 1. The van der Waals surface area contributed by atoms with Crippen LogP contribution in [0.2, 0.25) is 0 Å². The van der Waals surface area contributed by atoms with Crippen LogP contribution in [-0.4, -0.2) is 44.1 Å². The normalized spacial score (nSPS) is 12.7. The maximum atomic E-state index is 13.6. The summed E-state index contributed by atoms with van der Waals surface area (Å²) < 4.78 is 24.2. The Morgan fingerprint density at radius 1 is 1.10 bits per heavy atom. The molecular weight excluding hydrogens is 377 g/mol. The van der Waals surface area contributed by atoms with E-state index in [-0.39, 0.29) is 30.6 Å². The maximum Gasteiger partial charge on any atom is 0.317 e. The molecular formula is C21H24FN3O4. The minimum atomic E-state index is -0.496. The number of halogens is 1. The second-order valence-corrected chi connectivity index (χ2v) is 6.66. The molecule has 2 aromatic rings. The Morgan fingerprint density at radius 3 is 2.48 bits per heavy atom. The number of urea groups is 1. The number of fused-ring (bicyclic) bond motifs is 1. The summed E-state index contributed by atoms with van der Waals surface area (Å²) in [6.45, 7) is 1.17. The first-order chi connectivity index (χ1) is 14.0. The lowest BCUT2D eigenvalue weighted by atomic mass is 9.99. The predicted molar refractivity (Wildman–Crippen MR) is 107 cm³/mol. The Balaban J connectivity index is 1.50. The van der Waals surface area contributed by atoms with Crippen molar-refractivity contribution in [2.75, 3.05) is 32.6 Å². The molecule has 0 aliphatic carbocycles. The number of carbonyl (C=O) groups is 2. The third-order valence-corrected chi connectivity index (χ3v) is 4.78. The summed E-state index contributed by atoms with van der Waals surface area (Å²) in [7, 11) is 3.17. The van der Waals surface area contributed by atoms with Gasteiger partial charge in [0.05, 0.1) is 19.9 Å². The average molecular weight is 401 g/mol. The first kappa shape index (κ1) is 20.4. The van der Waals surface area contributed by atoms with Crippen LogP contribution >= 0.6 is 0 Å². The molecule has 0 spiro atoms. The van der Waals surface area contributed by atoms with Crippen molar-refractivity contribution in [3.05, 3.63) is 53.3 Å². The van der Waals surface area contributed by atoms with E-state index in [1.54, 1.807) is 31.3 Å². The maximum absolute atomic E-state index is 13.6. The molecule has 0 atom stereocenters. The fourth-order valence-corrected chi connectivity index (χ4v) is 3.23. The minimum absolute atomic E-state index is 0.0511. The summed E-state index contributed by atoms with van der Waals surface area (Å²) in [6.07, 6.45) is 0.756. The number of ether oxygens (including phenoxy) is 2. The fourth-order valence-electron chi connectivity index (χ4n) is 3.23. The number of methoxy groups -OCH3 is 2. The van der Waals surface area contributed by atoms with Gasteiger partial charge in [-0.25, -0.2) is 9.18 Å². The lowest BCUT2D eigenvalue weighted by Gasteiger charge is -2.29. The molecule has 1 heterocycles. The van der Waals surface area contributed by atoms with E-state index in [2.05, 4.69) is 10.6 Å². The molecule has 7 nitrogen and oxygen atoms in total. The number of carbonyl (C=O) groups excluding carboxylic acids is 2. The minimum Gasteiger partial charge on any atom is -0.493 e. The molecule has 3 amide bonds. The second-order valence-electron chi connectivity index (χ2n) is 6.66. The van der Waals surface area contributed by atoms with Crippen LogP contribution in [0, 0.1) is 5.82 Å². The molecule has 0 saturated heterocycles. The van der Waals surface area contributed by atoms with Gasteiger partial charge in [0, 0.05) is 26.1 Å². The number of benzene rings is 2. The molecule has 1 aliphatic rings. The molecule has 2 aromatic carbocycles. The molecule has 8 heteroatoms. The Labute approximate surface area is 168 Å². The quantitative estimate of drug-likeness (QED) is 0.780. The largest absolute Gasteiger partial charge is 0.493 e. The predicted octanol–water partition coefficient (Wildman–Crippen LogP) is 2.94. The Hall–Kier alpha value is -3.29. The van der Waals surface area contributed by atoms with Crippen molar-refractivity contribution in [3.63, 3.8) is 0 Å². The fraction of sp³-hybridized carbons (Fsp3) is 0.333. The first-order valence-electron chi connectivity index (χ1n) is 9.32. The smallest absolute Gasteiger partial charge is 0.317 e. The third-order valence-electron chi connectivity index (χ3n) is 4.78. The highest BCUT2D eigenvalue weighted by Gasteiger charge is 2.22. The van der Waals surface area contributed by atoms with Gasteiger partial charge >= 0.3 is 6.03 Å². The van der Waals surface area contributed by atoms with Crippen molar-refractivity contribution in [2.45, 2.75) is 19.4 Å². The van der Waals surface area contributed by atoms with Crippen LogP contribution in [0.25, 0.3) is 0 Å². The molecule has 0 fully saturated rings. The highest BCUT2D eigenvalue weighted by atomic mass is 19.1. The lowest BCUT2D eigenvalue weighted by Crippen LogP contribution is -2.43. The molecule has 29 heavy (non-hydrogen) atoms. The number of anilines is 1. The van der Waals surface area contributed by atoms with Gasteiger partial charge in [-0.1, -0.05) is 12.1 Å². The first-order valence-corrected chi connectivity index (χ1v) is 9.32. The van der Waals surface area contributed by atoms with Crippen LogP contribution in [-0.2, 0) is 17.8 Å². The van der Waals surface area contributed by atoms with Gasteiger partial charge in [-0.3, -0.25) is 4.79 Å². The van der Waals surface area contributed by atoms with Gasteiger partial charge in [-0.2, -0.15) is 0 Å². The van der Waals surface area contributed by atoms with Crippen LogP contribution in [0.3, 0.4) is 0 Å². The van der Waals surface area contributed by atoms with Gasteiger partial charge in [-0.15, -0.1) is 0 Å². The van der Waals surface area contributed by atoms with Crippen LogP contribution in [0.1, 0.15) is 17.5 Å². The SMILES string of the molecule is COc1cc2c(cc1OC)CN(C(=O)NCCC(=O)Nc1ccccc1F)CC2. The van der Waals surface area contributed by atoms with E-state index in [1.807, 2.05) is 12.1 Å². The highest BCUT2D eigenvalue weighted by Crippen LogP contribution is 2.33. The molecule has 3 rings (SSSR count). The van der Waals surface area contributed by atoms with E-state index in [0.29, 0.717) is 31.0 Å². The molecule has 0 unspecified atom stereocenters. The van der Waals surface area contributed by atoms with Crippen LogP contribution in [0.4, 0.5) is 14.9 Å². The van der Waals surface area contributed by atoms with Gasteiger partial charge < -0.3 is 25.0 Å². The number of amides is 3. The van der Waals surface area contributed by atoms with E-state index in [0.717, 1.165) is 11.1 Å².